The fourth-order valence-corrected chi connectivity index (χ4v) is 7.32. The van der Waals surface area contributed by atoms with Gasteiger partial charge in [0, 0.05) is 21.0 Å². The molecule has 242 valence electrons. The molecule has 3 aromatic carbocycles. The summed E-state index contributed by atoms with van der Waals surface area (Å²) in [6, 6.07) is 23.5. The molecule has 1 aliphatic rings. The minimum atomic E-state index is -0.488. The number of nitrogens with one attached hydrogen (secondary N) is 3. The van der Waals surface area contributed by atoms with Gasteiger partial charge in [0.25, 0.3) is 11.8 Å². The van der Waals surface area contributed by atoms with E-state index < -0.39 is 17.8 Å². The number of aryl methyl sites for hydroxylation is 2. The van der Waals surface area contributed by atoms with Crippen LogP contribution >= 0.6 is 23.1 Å². The van der Waals surface area contributed by atoms with E-state index in [4.69, 9.17) is 4.74 Å². The Morgan fingerprint density at radius 2 is 1.62 bits per heavy atom. The van der Waals surface area contributed by atoms with Gasteiger partial charge in [-0.3, -0.25) is 14.4 Å². The van der Waals surface area contributed by atoms with Crippen LogP contribution in [-0.2, 0) is 27.2 Å². The van der Waals surface area contributed by atoms with Crippen LogP contribution in [0.15, 0.2) is 89.5 Å². The molecule has 4 aromatic rings. The second kappa shape index (κ2) is 16.2. The number of thioether (sulfide) groups is 1. The molecule has 47 heavy (non-hydrogen) atoms. The number of amides is 3. The molecular formula is C37H37N3O5S2. The van der Waals surface area contributed by atoms with E-state index in [-0.39, 0.29) is 17.4 Å². The number of rotatable bonds is 10. The first kappa shape index (κ1) is 33.7. The standard InChI is InChI=1S/C37H37N3O5S2/c1-24-17-19-25(20-18-24)21-30(39-34(42)26-11-6-5-7-12-26)35(43)38-27-13-10-14-28(22-27)46-23-32(41)40-36-33(37(44)45-2)29-15-8-3-4-9-16-31(29)47-36/h5-7,10-14,17-22H,3-4,8-9,15-16,23H2,1-2H3,(H,38,43)(H,39,42)(H,40,41)/b30-21+. The summed E-state index contributed by atoms with van der Waals surface area (Å²) >= 11 is 2.78. The van der Waals surface area contributed by atoms with E-state index in [1.54, 1.807) is 48.5 Å². The van der Waals surface area contributed by atoms with E-state index in [0.29, 0.717) is 21.8 Å². The number of fused-ring (bicyclic) bond motifs is 1. The SMILES string of the molecule is COC(=O)c1c(NC(=O)CSc2cccc(NC(=O)/C(=C\c3ccc(C)cc3)NC(=O)c3ccccc3)c2)sc2c1CCCCCC2. The van der Waals surface area contributed by atoms with Gasteiger partial charge < -0.3 is 20.7 Å². The smallest absolute Gasteiger partial charge is 0.341 e. The Morgan fingerprint density at radius 3 is 2.36 bits per heavy atom. The first-order chi connectivity index (χ1) is 22.8. The summed E-state index contributed by atoms with van der Waals surface area (Å²) in [4.78, 5) is 54.1. The third-order valence-electron chi connectivity index (χ3n) is 7.69. The molecule has 0 saturated heterocycles. The number of thiophene rings is 1. The number of carbonyl (C=O) groups excluding carboxylic acids is 4. The molecule has 3 amide bonds. The van der Waals surface area contributed by atoms with Crippen LogP contribution in [0.1, 0.15) is 68.0 Å². The molecule has 0 spiro atoms. The van der Waals surface area contributed by atoms with Gasteiger partial charge in [0.2, 0.25) is 5.91 Å². The molecule has 5 rings (SSSR count). The molecule has 0 saturated carbocycles. The summed E-state index contributed by atoms with van der Waals surface area (Å²) in [5.74, 6) is -1.45. The van der Waals surface area contributed by atoms with Gasteiger partial charge >= 0.3 is 5.97 Å². The van der Waals surface area contributed by atoms with Gasteiger partial charge in [-0.25, -0.2) is 4.79 Å². The third-order valence-corrected chi connectivity index (χ3v) is 9.89. The maximum atomic E-state index is 13.5. The molecule has 10 heteroatoms. The van der Waals surface area contributed by atoms with Crippen molar-refractivity contribution in [1.29, 1.82) is 0 Å². The van der Waals surface area contributed by atoms with Gasteiger partial charge in [0.05, 0.1) is 18.4 Å². The molecule has 0 radical (unpaired) electrons. The lowest BCUT2D eigenvalue weighted by Crippen LogP contribution is -2.30. The number of hydrogen-bond donors (Lipinski definition) is 3. The van der Waals surface area contributed by atoms with Gasteiger partial charge in [0.15, 0.2) is 0 Å². The van der Waals surface area contributed by atoms with Crippen LogP contribution in [0.3, 0.4) is 0 Å². The van der Waals surface area contributed by atoms with E-state index in [1.807, 2.05) is 43.3 Å². The Hall–Kier alpha value is -4.67. The average molecular weight is 668 g/mol. The van der Waals surface area contributed by atoms with Crippen molar-refractivity contribution in [3.05, 3.63) is 117 Å². The first-order valence-corrected chi connectivity index (χ1v) is 17.3. The Balaban J connectivity index is 1.26. The third kappa shape index (κ3) is 9.21. The van der Waals surface area contributed by atoms with Crippen molar-refractivity contribution in [1.82, 2.24) is 5.32 Å². The fraction of sp³-hybridized carbons (Fsp3) is 0.243. The summed E-state index contributed by atoms with van der Waals surface area (Å²) in [5.41, 5.74) is 4.35. The molecule has 0 fully saturated rings. The van der Waals surface area contributed by atoms with E-state index in [0.717, 1.165) is 65.0 Å². The highest BCUT2D eigenvalue weighted by Gasteiger charge is 2.26. The second-order valence-electron chi connectivity index (χ2n) is 11.2. The molecule has 3 N–H and O–H groups in total. The summed E-state index contributed by atoms with van der Waals surface area (Å²) in [6.45, 7) is 1.98. The van der Waals surface area contributed by atoms with Gasteiger partial charge in [0.1, 0.15) is 10.7 Å². The maximum absolute atomic E-state index is 13.5. The number of esters is 1. The maximum Gasteiger partial charge on any atom is 0.341 e. The van der Waals surface area contributed by atoms with Crippen molar-refractivity contribution in [2.45, 2.75) is 50.3 Å². The molecule has 1 aromatic heterocycles. The summed E-state index contributed by atoms with van der Waals surface area (Å²) < 4.78 is 5.08. The molecule has 8 nitrogen and oxygen atoms in total. The fourth-order valence-electron chi connectivity index (χ4n) is 5.27. The lowest BCUT2D eigenvalue weighted by Gasteiger charge is -2.12. The van der Waals surface area contributed by atoms with Crippen molar-refractivity contribution in [2.75, 3.05) is 23.5 Å². The van der Waals surface area contributed by atoms with Crippen LogP contribution in [-0.4, -0.2) is 36.6 Å². The summed E-state index contributed by atoms with van der Waals surface area (Å²) in [7, 11) is 1.36. The zero-order chi connectivity index (χ0) is 33.2. The predicted octanol–water partition coefficient (Wildman–Crippen LogP) is 7.64. The van der Waals surface area contributed by atoms with Crippen molar-refractivity contribution in [2.24, 2.45) is 0 Å². The van der Waals surface area contributed by atoms with Gasteiger partial charge in [-0.15, -0.1) is 23.1 Å². The number of anilines is 2. The van der Waals surface area contributed by atoms with Crippen LogP contribution in [0.5, 0.6) is 0 Å². The van der Waals surface area contributed by atoms with Crippen LogP contribution in [0, 0.1) is 6.92 Å². The van der Waals surface area contributed by atoms with Gasteiger partial charge in [-0.2, -0.15) is 0 Å². The Labute approximate surface area is 283 Å². The Morgan fingerprint density at radius 1 is 0.872 bits per heavy atom. The van der Waals surface area contributed by atoms with Crippen molar-refractivity contribution in [3.63, 3.8) is 0 Å². The minimum Gasteiger partial charge on any atom is -0.465 e. The summed E-state index contributed by atoms with van der Waals surface area (Å²) in [5, 5.41) is 9.13. The van der Waals surface area contributed by atoms with Crippen molar-refractivity contribution >= 4 is 63.6 Å². The highest BCUT2D eigenvalue weighted by Crippen LogP contribution is 2.37. The van der Waals surface area contributed by atoms with Crippen LogP contribution < -0.4 is 16.0 Å². The molecule has 0 bridgehead atoms. The van der Waals surface area contributed by atoms with E-state index in [9.17, 15) is 19.2 Å². The lowest BCUT2D eigenvalue weighted by molar-refractivity contribution is -0.114. The van der Waals surface area contributed by atoms with E-state index in [2.05, 4.69) is 16.0 Å². The molecule has 0 atom stereocenters. The van der Waals surface area contributed by atoms with E-state index in [1.165, 1.54) is 30.2 Å². The topological polar surface area (TPSA) is 114 Å². The predicted molar refractivity (Wildman–Crippen MR) is 189 cm³/mol. The monoisotopic (exact) mass is 667 g/mol. The lowest BCUT2D eigenvalue weighted by atomic mass is 9.96. The number of benzene rings is 3. The molecule has 0 unspecified atom stereocenters. The zero-order valence-electron chi connectivity index (χ0n) is 26.4. The first-order valence-electron chi connectivity index (χ1n) is 15.5. The Bertz CT molecular complexity index is 1780. The molecule has 1 aliphatic carbocycles. The second-order valence-corrected chi connectivity index (χ2v) is 13.4. The van der Waals surface area contributed by atoms with Crippen LogP contribution in [0.2, 0.25) is 0 Å². The van der Waals surface area contributed by atoms with Crippen molar-refractivity contribution in [3.8, 4) is 0 Å². The number of hydrogen-bond acceptors (Lipinski definition) is 7. The average Bonchev–Trinajstić information content (AvgIpc) is 3.39. The van der Waals surface area contributed by atoms with Crippen LogP contribution in [0.4, 0.5) is 10.7 Å². The number of ether oxygens (including phenoxy) is 1. The highest BCUT2D eigenvalue weighted by molar-refractivity contribution is 8.00. The molecule has 0 aliphatic heterocycles. The number of methoxy groups -OCH3 is 1. The van der Waals surface area contributed by atoms with Gasteiger partial charge in [-0.05, 0) is 80.1 Å². The largest absolute Gasteiger partial charge is 0.465 e. The molecule has 1 heterocycles. The quantitative estimate of drug-likeness (QED) is 0.0910. The minimum absolute atomic E-state index is 0.0894. The zero-order valence-corrected chi connectivity index (χ0v) is 28.0. The Kier molecular flexibility index (Phi) is 11.6. The van der Waals surface area contributed by atoms with Gasteiger partial charge in [-0.1, -0.05) is 66.9 Å². The molecular weight excluding hydrogens is 631 g/mol. The summed E-state index contributed by atoms with van der Waals surface area (Å²) in [6.07, 6.45) is 7.68. The van der Waals surface area contributed by atoms with Crippen LogP contribution in [0.25, 0.3) is 6.08 Å². The van der Waals surface area contributed by atoms with Crippen molar-refractivity contribution < 1.29 is 23.9 Å². The highest BCUT2D eigenvalue weighted by atomic mass is 32.2. The normalized spacial score (nSPS) is 13.0. The van der Waals surface area contributed by atoms with E-state index >= 15 is 0 Å². The number of carbonyl (C=O) groups is 4.